The molecule has 0 atom stereocenters. The third-order valence-corrected chi connectivity index (χ3v) is 7.08. The van der Waals surface area contributed by atoms with Crippen molar-refractivity contribution < 1.29 is 18.3 Å². The van der Waals surface area contributed by atoms with Crippen molar-refractivity contribution >= 4 is 22.9 Å². The smallest absolute Gasteiger partial charge is 0.248 e. The number of nitrogens with zero attached hydrogens (tertiary/aromatic N) is 2. The fraction of sp³-hybridized carbons (Fsp3) is 0.308. The molecule has 7 heteroatoms. The molecule has 3 heterocycles. The molecular weight excluding hydrogens is 442 g/mol. The SMILES string of the molecule is CSc1ccc(-c2cc3nccc(-c4ccnc(CC5(O)CCC(F)(F)CC5)c4)c3o2)cc1. The highest BCUT2D eigenvalue weighted by Gasteiger charge is 2.42. The van der Waals surface area contributed by atoms with Crippen molar-refractivity contribution in [3.05, 3.63) is 66.6 Å². The predicted molar refractivity (Wildman–Crippen MR) is 127 cm³/mol. The van der Waals surface area contributed by atoms with E-state index in [0.717, 1.165) is 28.0 Å². The van der Waals surface area contributed by atoms with Crippen molar-refractivity contribution in [3.8, 4) is 22.5 Å². The van der Waals surface area contributed by atoms with Crippen molar-refractivity contribution in [2.45, 2.75) is 48.5 Å². The Bertz CT molecular complexity index is 1280. The van der Waals surface area contributed by atoms with Crippen LogP contribution in [0.3, 0.4) is 0 Å². The van der Waals surface area contributed by atoms with Crippen LogP contribution < -0.4 is 0 Å². The minimum atomic E-state index is -2.68. The Labute approximate surface area is 195 Å². The zero-order valence-corrected chi connectivity index (χ0v) is 19.0. The number of fused-ring (bicyclic) bond motifs is 1. The van der Waals surface area contributed by atoms with Gasteiger partial charge < -0.3 is 9.52 Å². The van der Waals surface area contributed by atoms with Crippen LogP contribution in [0.1, 0.15) is 31.4 Å². The maximum Gasteiger partial charge on any atom is 0.248 e. The molecule has 1 aromatic carbocycles. The Hall–Kier alpha value is -2.77. The lowest BCUT2D eigenvalue weighted by Crippen LogP contribution is -2.40. The Kier molecular flexibility index (Phi) is 5.70. The highest BCUT2D eigenvalue weighted by Crippen LogP contribution is 2.40. The first-order valence-electron chi connectivity index (χ1n) is 10.9. The van der Waals surface area contributed by atoms with Crippen LogP contribution in [-0.4, -0.2) is 32.9 Å². The van der Waals surface area contributed by atoms with Gasteiger partial charge in [0, 0.05) is 59.4 Å². The highest BCUT2D eigenvalue weighted by molar-refractivity contribution is 7.98. The molecule has 0 bridgehead atoms. The van der Waals surface area contributed by atoms with E-state index in [0.29, 0.717) is 11.3 Å². The quantitative estimate of drug-likeness (QED) is 0.329. The topological polar surface area (TPSA) is 59.2 Å². The second kappa shape index (κ2) is 8.54. The summed E-state index contributed by atoms with van der Waals surface area (Å²) in [5.41, 5.74) is 3.68. The molecule has 3 aromatic heterocycles. The number of hydrogen-bond donors (Lipinski definition) is 1. The first kappa shape index (κ1) is 22.0. The van der Waals surface area contributed by atoms with E-state index >= 15 is 0 Å². The Morgan fingerprint density at radius 3 is 2.39 bits per heavy atom. The fourth-order valence-corrected chi connectivity index (χ4v) is 4.81. The fourth-order valence-electron chi connectivity index (χ4n) is 4.40. The number of halogens is 2. The lowest BCUT2D eigenvalue weighted by atomic mass is 9.79. The molecule has 1 saturated carbocycles. The number of hydrogen-bond acceptors (Lipinski definition) is 5. The molecule has 1 fully saturated rings. The molecule has 33 heavy (non-hydrogen) atoms. The van der Waals surface area contributed by atoms with Crippen LogP contribution in [0.5, 0.6) is 0 Å². The van der Waals surface area contributed by atoms with E-state index in [1.54, 1.807) is 24.2 Å². The van der Waals surface area contributed by atoms with Crippen LogP contribution in [0.25, 0.3) is 33.6 Å². The molecular formula is C26H24F2N2O2S. The van der Waals surface area contributed by atoms with Crippen molar-refractivity contribution in [2.24, 2.45) is 0 Å². The monoisotopic (exact) mass is 466 g/mol. The Morgan fingerprint density at radius 1 is 0.939 bits per heavy atom. The maximum absolute atomic E-state index is 13.5. The molecule has 4 aromatic rings. The average Bonchev–Trinajstić information content (AvgIpc) is 3.26. The molecule has 0 radical (unpaired) electrons. The maximum atomic E-state index is 13.5. The van der Waals surface area contributed by atoms with Crippen LogP contribution in [0.2, 0.25) is 0 Å². The van der Waals surface area contributed by atoms with E-state index in [4.69, 9.17) is 4.42 Å². The van der Waals surface area contributed by atoms with Gasteiger partial charge in [-0.3, -0.25) is 9.97 Å². The second-order valence-electron chi connectivity index (χ2n) is 8.70. The second-order valence-corrected chi connectivity index (χ2v) is 9.58. The van der Waals surface area contributed by atoms with Crippen LogP contribution in [0.4, 0.5) is 8.78 Å². The van der Waals surface area contributed by atoms with Gasteiger partial charge in [0.2, 0.25) is 5.92 Å². The minimum absolute atomic E-state index is 0.0717. The summed E-state index contributed by atoms with van der Waals surface area (Å²) < 4.78 is 33.3. The summed E-state index contributed by atoms with van der Waals surface area (Å²) in [7, 11) is 0. The molecule has 0 amide bonds. The summed E-state index contributed by atoms with van der Waals surface area (Å²) in [6, 6.07) is 15.8. The highest BCUT2D eigenvalue weighted by atomic mass is 32.2. The molecule has 0 unspecified atom stereocenters. The first-order valence-corrected chi connectivity index (χ1v) is 12.2. The number of rotatable bonds is 5. The van der Waals surface area contributed by atoms with Gasteiger partial charge in [0.25, 0.3) is 0 Å². The average molecular weight is 467 g/mol. The zero-order chi connectivity index (χ0) is 23.1. The summed E-state index contributed by atoms with van der Waals surface area (Å²) in [4.78, 5) is 10.0. The van der Waals surface area contributed by atoms with Gasteiger partial charge in [-0.2, -0.15) is 0 Å². The van der Waals surface area contributed by atoms with Gasteiger partial charge in [-0.05, 0) is 55.0 Å². The molecule has 5 rings (SSSR count). The zero-order valence-electron chi connectivity index (χ0n) is 18.2. The van der Waals surface area contributed by atoms with Gasteiger partial charge in [0.05, 0.1) is 5.60 Å². The number of aromatic nitrogens is 2. The number of furan rings is 1. The Morgan fingerprint density at radius 2 is 1.67 bits per heavy atom. The van der Waals surface area contributed by atoms with Crippen molar-refractivity contribution in [1.29, 1.82) is 0 Å². The molecule has 0 aliphatic heterocycles. The normalized spacial score (nSPS) is 17.3. The van der Waals surface area contributed by atoms with E-state index in [1.807, 2.05) is 42.7 Å². The predicted octanol–water partition coefficient (Wildman–Crippen LogP) is 6.76. The van der Waals surface area contributed by atoms with Gasteiger partial charge >= 0.3 is 0 Å². The molecule has 1 aliphatic rings. The number of thioether (sulfide) groups is 1. The third-order valence-electron chi connectivity index (χ3n) is 6.34. The number of benzene rings is 1. The van der Waals surface area contributed by atoms with E-state index in [-0.39, 0.29) is 32.1 Å². The van der Waals surface area contributed by atoms with Gasteiger partial charge in [-0.1, -0.05) is 12.1 Å². The summed E-state index contributed by atoms with van der Waals surface area (Å²) in [5, 5.41) is 10.9. The summed E-state index contributed by atoms with van der Waals surface area (Å²) in [6.45, 7) is 0. The molecule has 0 saturated heterocycles. The minimum Gasteiger partial charge on any atom is -0.454 e. The lowest BCUT2D eigenvalue weighted by molar-refractivity contribution is -0.103. The molecule has 0 spiro atoms. The summed E-state index contributed by atoms with van der Waals surface area (Å²) in [6.07, 6.45) is 5.27. The first-order chi connectivity index (χ1) is 15.8. The summed E-state index contributed by atoms with van der Waals surface area (Å²) in [5.74, 6) is -1.94. The third kappa shape index (κ3) is 4.66. The van der Waals surface area contributed by atoms with Crippen molar-refractivity contribution in [2.75, 3.05) is 6.26 Å². The molecule has 4 nitrogen and oxygen atoms in total. The van der Waals surface area contributed by atoms with Gasteiger partial charge in [-0.25, -0.2) is 8.78 Å². The van der Waals surface area contributed by atoms with Gasteiger partial charge in [-0.15, -0.1) is 11.8 Å². The number of aliphatic hydroxyl groups is 1. The van der Waals surface area contributed by atoms with Crippen LogP contribution in [0, 0.1) is 0 Å². The van der Waals surface area contributed by atoms with Crippen molar-refractivity contribution in [3.63, 3.8) is 0 Å². The van der Waals surface area contributed by atoms with Crippen LogP contribution >= 0.6 is 11.8 Å². The van der Waals surface area contributed by atoms with E-state index < -0.39 is 11.5 Å². The molecule has 1 aliphatic carbocycles. The molecule has 1 N–H and O–H groups in total. The van der Waals surface area contributed by atoms with Gasteiger partial charge in [0.15, 0.2) is 5.58 Å². The largest absolute Gasteiger partial charge is 0.454 e. The van der Waals surface area contributed by atoms with E-state index in [2.05, 4.69) is 22.1 Å². The number of alkyl halides is 2. The van der Waals surface area contributed by atoms with E-state index in [1.165, 1.54) is 4.90 Å². The molecule has 170 valence electrons. The van der Waals surface area contributed by atoms with Crippen LogP contribution in [-0.2, 0) is 6.42 Å². The van der Waals surface area contributed by atoms with Crippen molar-refractivity contribution in [1.82, 2.24) is 9.97 Å². The summed E-state index contributed by atoms with van der Waals surface area (Å²) >= 11 is 1.69. The standard InChI is InChI=1S/C26H24F2N2O2S/c1-33-20-4-2-17(3-5-20)23-15-22-24(32-23)21(7-13-30-22)18-6-12-29-19(14-18)16-25(31)8-10-26(27,28)11-9-25/h2-7,12-15,31H,8-11,16H2,1H3. The van der Waals surface area contributed by atoms with Gasteiger partial charge in [0.1, 0.15) is 11.3 Å². The lowest BCUT2D eigenvalue weighted by Gasteiger charge is -2.35. The Balaban J connectivity index is 1.45. The van der Waals surface area contributed by atoms with Crippen LogP contribution in [0.15, 0.2) is 70.2 Å². The van der Waals surface area contributed by atoms with E-state index in [9.17, 15) is 13.9 Å². The number of pyridine rings is 2.